The van der Waals surface area contributed by atoms with Gasteiger partial charge in [0.15, 0.2) is 0 Å². The molecule has 0 aromatic heterocycles. The van der Waals surface area contributed by atoms with Gasteiger partial charge in [-0.3, -0.25) is 0 Å². The highest BCUT2D eigenvalue weighted by atomic mass is 16.5. The van der Waals surface area contributed by atoms with E-state index in [0.717, 1.165) is 25.2 Å². The van der Waals surface area contributed by atoms with Gasteiger partial charge in [-0.1, -0.05) is 26.0 Å². The van der Waals surface area contributed by atoms with Crippen LogP contribution < -0.4 is 10.1 Å². The molecule has 2 N–H and O–H groups in total. The van der Waals surface area contributed by atoms with Crippen molar-refractivity contribution in [2.45, 2.75) is 45.7 Å². The molecule has 0 saturated carbocycles. The van der Waals surface area contributed by atoms with Crippen molar-refractivity contribution in [2.75, 3.05) is 13.2 Å². The van der Waals surface area contributed by atoms with Crippen molar-refractivity contribution in [1.29, 1.82) is 0 Å². The normalized spacial score (nSPS) is 14.2. The summed E-state index contributed by atoms with van der Waals surface area (Å²) in [5, 5.41) is 12.6. The minimum absolute atomic E-state index is 0.163. The minimum Gasteiger partial charge on any atom is -0.494 e. The van der Waals surface area contributed by atoms with E-state index in [4.69, 9.17) is 4.74 Å². The zero-order valence-electron chi connectivity index (χ0n) is 11.6. The summed E-state index contributed by atoms with van der Waals surface area (Å²) in [7, 11) is 0. The van der Waals surface area contributed by atoms with Crippen LogP contribution in [0.15, 0.2) is 24.3 Å². The molecule has 2 atom stereocenters. The molecule has 1 unspecified atom stereocenters. The fourth-order valence-electron chi connectivity index (χ4n) is 1.82. The first-order valence-electron chi connectivity index (χ1n) is 6.80. The first kappa shape index (κ1) is 15.0. The predicted molar refractivity (Wildman–Crippen MR) is 74.9 cm³/mol. The maximum absolute atomic E-state index is 9.18. The number of rotatable bonds is 8. The molecule has 0 aliphatic rings. The number of aliphatic hydroxyl groups excluding tert-OH is 1. The van der Waals surface area contributed by atoms with Crippen LogP contribution in [0, 0.1) is 0 Å². The Balaban J connectivity index is 2.55. The summed E-state index contributed by atoms with van der Waals surface area (Å²) in [5.41, 5.74) is 1.21. The van der Waals surface area contributed by atoms with Crippen LogP contribution in [0.5, 0.6) is 5.75 Å². The van der Waals surface area contributed by atoms with E-state index in [2.05, 4.69) is 38.2 Å². The van der Waals surface area contributed by atoms with Gasteiger partial charge in [0.2, 0.25) is 0 Å². The topological polar surface area (TPSA) is 41.5 Å². The maximum Gasteiger partial charge on any atom is 0.119 e. The van der Waals surface area contributed by atoms with E-state index in [1.54, 1.807) is 0 Å². The fraction of sp³-hybridized carbons (Fsp3) is 0.600. The Morgan fingerprint density at radius 2 is 1.89 bits per heavy atom. The van der Waals surface area contributed by atoms with E-state index in [-0.39, 0.29) is 18.7 Å². The highest BCUT2D eigenvalue weighted by Gasteiger charge is 2.10. The Morgan fingerprint density at radius 1 is 1.22 bits per heavy atom. The molecule has 1 rings (SSSR count). The Morgan fingerprint density at radius 3 is 2.39 bits per heavy atom. The lowest BCUT2D eigenvalue weighted by molar-refractivity contribution is 0.230. The Bertz CT molecular complexity index is 320. The summed E-state index contributed by atoms with van der Waals surface area (Å²) in [6.07, 6.45) is 1.95. The molecule has 0 fully saturated rings. The van der Waals surface area contributed by atoms with Crippen LogP contribution in [0.2, 0.25) is 0 Å². The van der Waals surface area contributed by atoms with Crippen molar-refractivity contribution in [1.82, 2.24) is 5.32 Å². The molecule has 3 nitrogen and oxygen atoms in total. The second-order valence-corrected chi connectivity index (χ2v) is 4.59. The van der Waals surface area contributed by atoms with Crippen LogP contribution in [0.4, 0.5) is 0 Å². The molecule has 0 aliphatic heterocycles. The molecule has 102 valence electrons. The van der Waals surface area contributed by atoms with E-state index in [1.807, 2.05) is 12.1 Å². The second-order valence-electron chi connectivity index (χ2n) is 4.59. The summed E-state index contributed by atoms with van der Waals surface area (Å²) in [6, 6.07) is 8.56. The molecule has 0 bridgehead atoms. The third-order valence-corrected chi connectivity index (χ3v) is 3.05. The number of hydrogen-bond donors (Lipinski definition) is 2. The lowest BCUT2D eigenvalue weighted by Gasteiger charge is -2.21. The number of aliphatic hydroxyl groups is 1. The van der Waals surface area contributed by atoms with E-state index in [0.29, 0.717) is 0 Å². The number of hydrogen-bond acceptors (Lipinski definition) is 3. The lowest BCUT2D eigenvalue weighted by atomic mass is 10.1. The van der Waals surface area contributed by atoms with Crippen molar-refractivity contribution in [3.05, 3.63) is 29.8 Å². The molecule has 3 heteroatoms. The third-order valence-electron chi connectivity index (χ3n) is 3.05. The molecule has 1 aromatic rings. The first-order valence-corrected chi connectivity index (χ1v) is 6.80. The van der Waals surface area contributed by atoms with Crippen LogP contribution in [0.3, 0.4) is 0 Å². The fourth-order valence-corrected chi connectivity index (χ4v) is 1.82. The second kappa shape index (κ2) is 8.11. The zero-order valence-corrected chi connectivity index (χ0v) is 11.6. The molecule has 1 aromatic carbocycles. The van der Waals surface area contributed by atoms with Gasteiger partial charge < -0.3 is 15.2 Å². The molecule has 0 aliphatic carbocycles. The minimum atomic E-state index is 0.163. The van der Waals surface area contributed by atoms with Gasteiger partial charge in [-0.25, -0.2) is 0 Å². The number of ether oxygens (including phenoxy) is 1. The van der Waals surface area contributed by atoms with Gasteiger partial charge in [-0.05, 0) is 37.5 Å². The SMILES string of the molecule is CCCOc1ccc(C(C)N[C@H](CC)CO)cc1. The largest absolute Gasteiger partial charge is 0.494 e. The summed E-state index contributed by atoms with van der Waals surface area (Å²) in [5.74, 6) is 0.919. The van der Waals surface area contributed by atoms with E-state index >= 15 is 0 Å². The summed E-state index contributed by atoms with van der Waals surface area (Å²) >= 11 is 0. The summed E-state index contributed by atoms with van der Waals surface area (Å²) in [6.45, 7) is 7.22. The van der Waals surface area contributed by atoms with Gasteiger partial charge in [0.05, 0.1) is 13.2 Å². The van der Waals surface area contributed by atoms with E-state index in [9.17, 15) is 5.11 Å². The van der Waals surface area contributed by atoms with Crippen molar-refractivity contribution in [2.24, 2.45) is 0 Å². The highest BCUT2D eigenvalue weighted by molar-refractivity contribution is 5.29. The van der Waals surface area contributed by atoms with Crippen LogP contribution in [-0.2, 0) is 0 Å². The highest BCUT2D eigenvalue weighted by Crippen LogP contribution is 2.18. The molecule has 0 saturated heterocycles. The Hall–Kier alpha value is -1.06. The maximum atomic E-state index is 9.18. The van der Waals surface area contributed by atoms with Gasteiger partial charge in [0.1, 0.15) is 5.75 Å². The molecule has 0 spiro atoms. The predicted octanol–water partition coefficient (Wildman–Crippen LogP) is 2.90. The monoisotopic (exact) mass is 251 g/mol. The third kappa shape index (κ3) is 4.67. The van der Waals surface area contributed by atoms with Gasteiger partial charge in [0.25, 0.3) is 0 Å². The quantitative estimate of drug-likeness (QED) is 0.746. The molecular formula is C15H25NO2. The van der Waals surface area contributed by atoms with Crippen LogP contribution in [0.1, 0.15) is 45.2 Å². The van der Waals surface area contributed by atoms with E-state index < -0.39 is 0 Å². The van der Waals surface area contributed by atoms with Gasteiger partial charge in [-0.2, -0.15) is 0 Å². The molecule has 0 amide bonds. The Kier molecular flexibility index (Phi) is 6.76. The van der Waals surface area contributed by atoms with Crippen LogP contribution >= 0.6 is 0 Å². The van der Waals surface area contributed by atoms with Gasteiger partial charge in [0, 0.05) is 12.1 Å². The van der Waals surface area contributed by atoms with Gasteiger partial charge >= 0.3 is 0 Å². The van der Waals surface area contributed by atoms with Crippen molar-refractivity contribution >= 4 is 0 Å². The molecule has 0 heterocycles. The molecule has 18 heavy (non-hydrogen) atoms. The van der Waals surface area contributed by atoms with Crippen molar-refractivity contribution in [3.63, 3.8) is 0 Å². The van der Waals surface area contributed by atoms with Crippen LogP contribution in [0.25, 0.3) is 0 Å². The average molecular weight is 251 g/mol. The smallest absolute Gasteiger partial charge is 0.119 e. The zero-order chi connectivity index (χ0) is 13.4. The number of benzene rings is 1. The summed E-state index contributed by atoms with van der Waals surface area (Å²) in [4.78, 5) is 0. The van der Waals surface area contributed by atoms with Crippen molar-refractivity contribution < 1.29 is 9.84 Å². The van der Waals surface area contributed by atoms with E-state index in [1.165, 1.54) is 5.56 Å². The Labute approximate surface area is 110 Å². The van der Waals surface area contributed by atoms with Crippen LogP contribution in [-0.4, -0.2) is 24.4 Å². The summed E-state index contributed by atoms with van der Waals surface area (Å²) < 4.78 is 5.55. The standard InChI is InChI=1S/C15H25NO2/c1-4-10-18-15-8-6-13(7-9-15)12(3)16-14(5-2)11-17/h6-9,12,14,16-17H,4-5,10-11H2,1-3H3/t12?,14-/m1/s1. The molecule has 0 radical (unpaired) electrons. The van der Waals surface area contributed by atoms with Gasteiger partial charge in [-0.15, -0.1) is 0 Å². The van der Waals surface area contributed by atoms with Crippen molar-refractivity contribution in [3.8, 4) is 5.75 Å². The lowest BCUT2D eigenvalue weighted by Crippen LogP contribution is -2.33. The number of nitrogens with one attached hydrogen (secondary N) is 1. The molecular weight excluding hydrogens is 226 g/mol. The average Bonchev–Trinajstić information content (AvgIpc) is 2.42. The first-order chi connectivity index (χ1) is 8.71.